The maximum Gasteiger partial charge on any atom is 0.243 e. The summed E-state index contributed by atoms with van der Waals surface area (Å²) < 4.78 is 65.3. The standard InChI is InChI=1S/C18H17F2NO4S/c19-13-9-14(20)11-15(10-13)26(22,23)21-5-1-2-16(21)12-3-4-17-18(8-12)25-7-6-24-17/h3-4,8-11,16H,1-2,5-7H2. The number of hydrogen-bond donors (Lipinski definition) is 0. The molecule has 0 radical (unpaired) electrons. The predicted molar refractivity (Wildman–Crippen MR) is 89.7 cm³/mol. The third-order valence-electron chi connectivity index (χ3n) is 4.60. The molecule has 2 aliphatic rings. The van der Waals surface area contributed by atoms with Gasteiger partial charge in [0.25, 0.3) is 0 Å². The molecule has 1 fully saturated rings. The van der Waals surface area contributed by atoms with E-state index in [1.54, 1.807) is 18.2 Å². The highest BCUT2D eigenvalue weighted by atomic mass is 32.2. The van der Waals surface area contributed by atoms with Gasteiger partial charge in [-0.1, -0.05) is 6.07 Å². The van der Waals surface area contributed by atoms with Crippen LogP contribution >= 0.6 is 0 Å². The zero-order valence-corrected chi connectivity index (χ0v) is 14.6. The molecule has 0 N–H and O–H groups in total. The van der Waals surface area contributed by atoms with Gasteiger partial charge in [-0.15, -0.1) is 0 Å². The third-order valence-corrected chi connectivity index (χ3v) is 6.48. The first-order valence-corrected chi connectivity index (χ1v) is 9.77. The molecule has 0 aliphatic carbocycles. The Morgan fingerprint density at radius 2 is 1.65 bits per heavy atom. The van der Waals surface area contributed by atoms with Gasteiger partial charge < -0.3 is 9.47 Å². The maximum atomic E-state index is 13.5. The molecule has 0 aromatic heterocycles. The minimum atomic E-state index is -4.02. The third kappa shape index (κ3) is 3.03. The maximum absolute atomic E-state index is 13.5. The van der Waals surface area contributed by atoms with Crippen LogP contribution in [-0.4, -0.2) is 32.5 Å². The lowest BCUT2D eigenvalue weighted by atomic mass is 10.0. The molecule has 0 bridgehead atoms. The number of fused-ring (bicyclic) bond motifs is 1. The molecule has 1 saturated heterocycles. The average molecular weight is 381 g/mol. The fourth-order valence-corrected chi connectivity index (χ4v) is 5.17. The second-order valence-corrected chi connectivity index (χ2v) is 8.17. The Balaban J connectivity index is 1.70. The van der Waals surface area contributed by atoms with Gasteiger partial charge in [-0.05, 0) is 42.7 Å². The minimum absolute atomic E-state index is 0.291. The first-order chi connectivity index (χ1) is 12.4. The minimum Gasteiger partial charge on any atom is -0.486 e. The molecule has 26 heavy (non-hydrogen) atoms. The van der Waals surface area contributed by atoms with Gasteiger partial charge in [-0.3, -0.25) is 0 Å². The summed E-state index contributed by atoms with van der Waals surface area (Å²) in [7, 11) is -4.02. The first kappa shape index (κ1) is 17.2. The zero-order valence-electron chi connectivity index (χ0n) is 13.8. The van der Waals surface area contributed by atoms with Crippen molar-refractivity contribution in [3.8, 4) is 11.5 Å². The number of ether oxygens (including phenoxy) is 2. The molecule has 0 spiro atoms. The molecule has 2 aromatic rings. The van der Waals surface area contributed by atoms with E-state index in [-0.39, 0.29) is 4.90 Å². The molecule has 138 valence electrons. The van der Waals surface area contributed by atoms with Crippen molar-refractivity contribution in [3.63, 3.8) is 0 Å². The lowest BCUT2D eigenvalue weighted by Gasteiger charge is -2.26. The van der Waals surface area contributed by atoms with Gasteiger partial charge in [0.05, 0.1) is 10.9 Å². The van der Waals surface area contributed by atoms with Crippen molar-refractivity contribution < 1.29 is 26.7 Å². The van der Waals surface area contributed by atoms with Crippen molar-refractivity contribution in [2.75, 3.05) is 19.8 Å². The van der Waals surface area contributed by atoms with Crippen molar-refractivity contribution >= 4 is 10.0 Å². The molecule has 1 atom stereocenters. The van der Waals surface area contributed by atoms with E-state index < -0.39 is 27.7 Å². The van der Waals surface area contributed by atoms with Gasteiger partial charge in [0.1, 0.15) is 24.8 Å². The van der Waals surface area contributed by atoms with Gasteiger partial charge in [-0.25, -0.2) is 17.2 Å². The van der Waals surface area contributed by atoms with E-state index in [4.69, 9.17) is 9.47 Å². The molecular weight excluding hydrogens is 364 g/mol. The lowest BCUT2D eigenvalue weighted by molar-refractivity contribution is 0.171. The summed E-state index contributed by atoms with van der Waals surface area (Å²) in [5.41, 5.74) is 0.771. The predicted octanol–water partition coefficient (Wildman–Crippen LogP) is 3.26. The van der Waals surface area contributed by atoms with Crippen LogP contribution in [0.1, 0.15) is 24.4 Å². The second-order valence-electron chi connectivity index (χ2n) is 6.28. The van der Waals surface area contributed by atoms with Crippen molar-refractivity contribution in [1.82, 2.24) is 4.31 Å². The van der Waals surface area contributed by atoms with Crippen LogP contribution in [0.25, 0.3) is 0 Å². The summed E-state index contributed by atoms with van der Waals surface area (Å²) >= 11 is 0. The number of hydrogen-bond acceptors (Lipinski definition) is 4. The van der Waals surface area contributed by atoms with Crippen LogP contribution in [0.15, 0.2) is 41.3 Å². The van der Waals surface area contributed by atoms with Crippen LogP contribution in [0.3, 0.4) is 0 Å². The van der Waals surface area contributed by atoms with Gasteiger partial charge in [0, 0.05) is 12.6 Å². The Morgan fingerprint density at radius 3 is 2.38 bits per heavy atom. The molecule has 4 rings (SSSR count). The van der Waals surface area contributed by atoms with Gasteiger partial charge >= 0.3 is 0 Å². The van der Waals surface area contributed by atoms with Crippen LogP contribution in [0, 0.1) is 11.6 Å². The fourth-order valence-electron chi connectivity index (χ4n) is 3.44. The monoisotopic (exact) mass is 381 g/mol. The molecule has 1 unspecified atom stereocenters. The Hall–Kier alpha value is -2.19. The SMILES string of the molecule is O=S(=O)(c1cc(F)cc(F)c1)N1CCCC1c1ccc2c(c1)OCCO2. The number of sulfonamides is 1. The topological polar surface area (TPSA) is 55.8 Å². The number of halogens is 2. The normalized spacial score (nSPS) is 20.3. The molecule has 2 heterocycles. The number of rotatable bonds is 3. The number of nitrogens with zero attached hydrogens (tertiary/aromatic N) is 1. The Labute approximate surface area is 150 Å². The van der Waals surface area contributed by atoms with Crippen LogP contribution in [-0.2, 0) is 10.0 Å². The molecule has 2 aliphatic heterocycles. The van der Waals surface area contributed by atoms with Crippen LogP contribution in [0.2, 0.25) is 0 Å². The van der Waals surface area contributed by atoms with Crippen molar-refractivity contribution in [2.24, 2.45) is 0 Å². The summed E-state index contributed by atoms with van der Waals surface area (Å²) in [5, 5.41) is 0. The summed E-state index contributed by atoms with van der Waals surface area (Å²) in [4.78, 5) is -0.376. The molecule has 0 saturated carbocycles. The van der Waals surface area contributed by atoms with Gasteiger partial charge in [0.2, 0.25) is 10.0 Å². The average Bonchev–Trinajstić information content (AvgIpc) is 3.11. The molecule has 2 aromatic carbocycles. The summed E-state index contributed by atoms with van der Waals surface area (Å²) in [6.07, 6.45) is 1.28. The van der Waals surface area contributed by atoms with E-state index in [9.17, 15) is 17.2 Å². The Morgan fingerprint density at radius 1 is 0.962 bits per heavy atom. The van der Waals surface area contributed by atoms with Crippen molar-refractivity contribution in [1.29, 1.82) is 0 Å². The summed E-state index contributed by atoms with van der Waals surface area (Å²) in [6.45, 7) is 1.20. The van der Waals surface area contributed by atoms with Gasteiger partial charge in [0.15, 0.2) is 11.5 Å². The lowest BCUT2D eigenvalue weighted by Crippen LogP contribution is -2.31. The largest absolute Gasteiger partial charge is 0.486 e. The van der Waals surface area contributed by atoms with Crippen molar-refractivity contribution in [3.05, 3.63) is 53.6 Å². The number of benzene rings is 2. The molecule has 0 amide bonds. The quantitative estimate of drug-likeness (QED) is 0.819. The van der Waals surface area contributed by atoms with E-state index >= 15 is 0 Å². The van der Waals surface area contributed by atoms with E-state index in [0.29, 0.717) is 50.2 Å². The summed E-state index contributed by atoms with van der Waals surface area (Å²) in [6, 6.07) is 7.27. The fraction of sp³-hybridized carbons (Fsp3) is 0.333. The first-order valence-electron chi connectivity index (χ1n) is 8.33. The van der Waals surface area contributed by atoms with Crippen LogP contribution in [0.5, 0.6) is 11.5 Å². The highest BCUT2D eigenvalue weighted by molar-refractivity contribution is 7.89. The van der Waals surface area contributed by atoms with Crippen LogP contribution < -0.4 is 9.47 Å². The van der Waals surface area contributed by atoms with E-state index in [0.717, 1.165) is 17.7 Å². The molecule has 8 heteroatoms. The Kier molecular flexibility index (Phi) is 4.32. The zero-order chi connectivity index (χ0) is 18.3. The second kappa shape index (κ2) is 6.51. The van der Waals surface area contributed by atoms with E-state index in [1.807, 2.05) is 0 Å². The van der Waals surface area contributed by atoms with E-state index in [1.165, 1.54) is 4.31 Å². The Bertz CT molecular complexity index is 928. The van der Waals surface area contributed by atoms with Crippen molar-refractivity contribution in [2.45, 2.75) is 23.8 Å². The smallest absolute Gasteiger partial charge is 0.243 e. The highest BCUT2D eigenvalue weighted by Gasteiger charge is 2.37. The van der Waals surface area contributed by atoms with Crippen LogP contribution in [0.4, 0.5) is 8.78 Å². The summed E-state index contributed by atoms with van der Waals surface area (Å²) in [5.74, 6) is -0.633. The highest BCUT2D eigenvalue weighted by Crippen LogP contribution is 2.40. The molecule has 5 nitrogen and oxygen atoms in total. The van der Waals surface area contributed by atoms with E-state index in [2.05, 4.69) is 0 Å². The molecular formula is C18H17F2NO4S. The van der Waals surface area contributed by atoms with Gasteiger partial charge in [-0.2, -0.15) is 4.31 Å².